The van der Waals surface area contributed by atoms with Crippen LogP contribution in [0.1, 0.15) is 25.3 Å². The van der Waals surface area contributed by atoms with Crippen LogP contribution in [-0.2, 0) is 23.6 Å². The van der Waals surface area contributed by atoms with E-state index in [2.05, 4.69) is 12.0 Å². The molecule has 26 heavy (non-hydrogen) atoms. The first-order chi connectivity index (χ1) is 12.5. The van der Waals surface area contributed by atoms with Gasteiger partial charge < -0.3 is 0 Å². The van der Waals surface area contributed by atoms with Crippen molar-refractivity contribution in [3.8, 4) is 10.6 Å². The van der Waals surface area contributed by atoms with Gasteiger partial charge in [-0.05, 0) is 23.4 Å². The van der Waals surface area contributed by atoms with Gasteiger partial charge in [-0.25, -0.2) is 8.42 Å². The Labute approximate surface area is 159 Å². The number of hydrogen-bond acceptors (Lipinski definition) is 4. The minimum atomic E-state index is -3.65. The number of aromatic nitrogens is 2. The number of thiophene rings is 1. The lowest BCUT2D eigenvalue weighted by atomic mass is 10.2. The predicted octanol–water partition coefficient (Wildman–Crippen LogP) is 4.14. The van der Waals surface area contributed by atoms with Gasteiger partial charge in [-0.2, -0.15) is 9.40 Å². The second-order valence-electron chi connectivity index (χ2n) is 6.17. The zero-order valence-electron chi connectivity index (χ0n) is 15.0. The van der Waals surface area contributed by atoms with Gasteiger partial charge >= 0.3 is 0 Å². The first-order valence-electron chi connectivity index (χ1n) is 8.64. The van der Waals surface area contributed by atoms with Gasteiger partial charge in [0.15, 0.2) is 0 Å². The quantitative estimate of drug-likeness (QED) is 0.582. The van der Waals surface area contributed by atoms with Crippen LogP contribution < -0.4 is 0 Å². The normalized spacial score (nSPS) is 12.0. The van der Waals surface area contributed by atoms with Crippen LogP contribution in [-0.4, -0.2) is 29.0 Å². The molecule has 3 aromatic rings. The largest absolute Gasteiger partial charge is 0.274 e. The molecule has 0 spiro atoms. The highest BCUT2D eigenvalue weighted by molar-refractivity contribution is 7.89. The van der Waals surface area contributed by atoms with Gasteiger partial charge in [0.2, 0.25) is 10.0 Å². The van der Waals surface area contributed by atoms with Crippen LogP contribution in [0.15, 0.2) is 58.9 Å². The summed E-state index contributed by atoms with van der Waals surface area (Å²) in [6, 6.07) is 13.5. The topological polar surface area (TPSA) is 55.2 Å². The van der Waals surface area contributed by atoms with E-state index in [1.165, 1.54) is 11.3 Å². The molecule has 0 fully saturated rings. The third-order valence-electron chi connectivity index (χ3n) is 4.13. The molecular formula is C19H23N3O2S2. The fraction of sp³-hybridized carbons (Fsp3) is 0.316. The minimum absolute atomic E-state index is 0.273. The average Bonchev–Trinajstić information content (AvgIpc) is 3.28. The van der Waals surface area contributed by atoms with Crippen molar-refractivity contribution < 1.29 is 8.42 Å². The molecule has 0 aliphatic heterocycles. The van der Waals surface area contributed by atoms with E-state index >= 15 is 0 Å². The molecule has 2 aromatic heterocycles. The lowest BCUT2D eigenvalue weighted by molar-refractivity contribution is 0.398. The molecular weight excluding hydrogens is 366 g/mol. The Balaban J connectivity index is 2.00. The zero-order chi connectivity index (χ0) is 18.6. The minimum Gasteiger partial charge on any atom is -0.274 e. The van der Waals surface area contributed by atoms with Gasteiger partial charge in [0.25, 0.3) is 0 Å². The molecule has 0 amide bonds. The highest BCUT2D eigenvalue weighted by Gasteiger charge is 2.30. The standard InChI is InChI=1S/C19H23N3O2S2/c1-3-4-12-22(14-16-9-6-5-7-10-16)26(23,24)18-15-21(2)20-19(18)17-11-8-13-25-17/h5-11,13,15H,3-4,12,14H2,1-2H3. The molecule has 3 rings (SSSR count). The lowest BCUT2D eigenvalue weighted by Gasteiger charge is -2.22. The Morgan fingerprint density at radius 2 is 1.92 bits per heavy atom. The van der Waals surface area contributed by atoms with Crippen LogP contribution in [0.4, 0.5) is 0 Å². The number of hydrogen-bond donors (Lipinski definition) is 0. The zero-order valence-corrected chi connectivity index (χ0v) is 16.6. The van der Waals surface area contributed by atoms with Gasteiger partial charge in [0.05, 0.1) is 4.88 Å². The number of rotatable bonds is 8. The number of unbranched alkanes of at least 4 members (excludes halogenated alkanes) is 1. The summed E-state index contributed by atoms with van der Waals surface area (Å²) < 4.78 is 30.0. The Hall–Kier alpha value is -1.96. The van der Waals surface area contributed by atoms with Gasteiger partial charge in [-0.3, -0.25) is 4.68 Å². The molecule has 0 aliphatic carbocycles. The molecule has 0 bridgehead atoms. The SMILES string of the molecule is CCCCN(Cc1ccccc1)S(=O)(=O)c1cn(C)nc1-c1cccs1. The van der Waals surface area contributed by atoms with Gasteiger partial charge in [-0.15, -0.1) is 11.3 Å². The van der Waals surface area contributed by atoms with Crippen molar-refractivity contribution >= 4 is 21.4 Å². The summed E-state index contributed by atoms with van der Waals surface area (Å²) >= 11 is 1.49. The van der Waals surface area contributed by atoms with E-state index < -0.39 is 10.0 Å². The van der Waals surface area contributed by atoms with Crippen LogP contribution in [0.5, 0.6) is 0 Å². The van der Waals surface area contributed by atoms with Crippen molar-refractivity contribution in [1.29, 1.82) is 0 Å². The number of benzene rings is 1. The Morgan fingerprint density at radius 3 is 2.58 bits per heavy atom. The van der Waals surface area contributed by atoms with Crippen LogP contribution in [0.2, 0.25) is 0 Å². The Kier molecular flexibility index (Phi) is 5.90. The first kappa shape index (κ1) is 18.8. The maximum atomic E-state index is 13.4. The second kappa shape index (κ2) is 8.16. The molecule has 0 saturated heterocycles. The van der Waals surface area contributed by atoms with Gasteiger partial charge in [0.1, 0.15) is 10.6 Å². The van der Waals surface area contributed by atoms with Crippen molar-refractivity contribution in [2.75, 3.05) is 6.54 Å². The van der Waals surface area contributed by atoms with Gasteiger partial charge in [0, 0.05) is 26.3 Å². The summed E-state index contributed by atoms with van der Waals surface area (Å²) in [6.45, 7) is 2.92. The number of aryl methyl sites for hydroxylation is 1. The summed E-state index contributed by atoms with van der Waals surface area (Å²) in [7, 11) is -1.90. The van der Waals surface area contributed by atoms with Gasteiger partial charge in [-0.1, -0.05) is 49.7 Å². The maximum Gasteiger partial charge on any atom is 0.247 e. The summed E-state index contributed by atoms with van der Waals surface area (Å²) in [5.41, 5.74) is 1.51. The van der Waals surface area contributed by atoms with E-state index in [1.807, 2.05) is 47.8 Å². The molecule has 0 aliphatic rings. The van der Waals surface area contributed by atoms with Crippen LogP contribution in [0, 0.1) is 0 Å². The lowest BCUT2D eigenvalue weighted by Crippen LogP contribution is -2.31. The summed E-state index contributed by atoms with van der Waals surface area (Å²) in [5, 5.41) is 6.34. The van der Waals surface area contributed by atoms with E-state index in [1.54, 1.807) is 22.2 Å². The highest BCUT2D eigenvalue weighted by Crippen LogP contribution is 2.31. The van der Waals surface area contributed by atoms with E-state index in [4.69, 9.17) is 0 Å². The molecule has 5 nitrogen and oxygen atoms in total. The molecule has 0 N–H and O–H groups in total. The van der Waals surface area contributed by atoms with E-state index in [9.17, 15) is 8.42 Å². The third kappa shape index (κ3) is 4.06. The molecule has 7 heteroatoms. The molecule has 1 aromatic carbocycles. The summed E-state index contributed by atoms with van der Waals surface area (Å²) in [4.78, 5) is 1.13. The average molecular weight is 390 g/mol. The van der Waals surface area contributed by atoms with E-state index in [0.29, 0.717) is 18.8 Å². The van der Waals surface area contributed by atoms with Crippen molar-refractivity contribution in [2.24, 2.45) is 7.05 Å². The fourth-order valence-corrected chi connectivity index (χ4v) is 5.22. The third-order valence-corrected chi connectivity index (χ3v) is 6.85. The van der Waals surface area contributed by atoms with E-state index in [-0.39, 0.29) is 4.90 Å². The van der Waals surface area contributed by atoms with Crippen molar-refractivity contribution in [1.82, 2.24) is 14.1 Å². The molecule has 2 heterocycles. The van der Waals surface area contributed by atoms with Crippen LogP contribution in [0.3, 0.4) is 0 Å². The summed E-state index contributed by atoms with van der Waals surface area (Å²) in [6.07, 6.45) is 3.36. The van der Waals surface area contributed by atoms with Crippen molar-refractivity contribution in [3.05, 3.63) is 59.6 Å². The second-order valence-corrected chi connectivity index (χ2v) is 9.02. The molecule has 0 saturated carbocycles. The van der Waals surface area contributed by atoms with E-state index in [0.717, 1.165) is 23.3 Å². The smallest absolute Gasteiger partial charge is 0.247 e. The molecule has 138 valence electrons. The molecule has 0 atom stereocenters. The summed E-state index contributed by atoms with van der Waals surface area (Å²) in [5.74, 6) is 0. The number of nitrogens with zero attached hydrogens (tertiary/aromatic N) is 3. The van der Waals surface area contributed by atoms with Crippen LogP contribution in [0.25, 0.3) is 10.6 Å². The van der Waals surface area contributed by atoms with Crippen molar-refractivity contribution in [2.45, 2.75) is 31.2 Å². The molecule has 0 unspecified atom stereocenters. The Bertz CT molecular complexity index is 933. The highest BCUT2D eigenvalue weighted by atomic mass is 32.2. The molecule has 0 radical (unpaired) electrons. The van der Waals surface area contributed by atoms with Crippen molar-refractivity contribution in [3.63, 3.8) is 0 Å². The monoisotopic (exact) mass is 389 g/mol. The number of sulfonamides is 1. The first-order valence-corrected chi connectivity index (χ1v) is 11.0. The Morgan fingerprint density at radius 1 is 1.15 bits per heavy atom. The van der Waals surface area contributed by atoms with Crippen LogP contribution >= 0.6 is 11.3 Å². The fourth-order valence-electron chi connectivity index (χ4n) is 2.78. The predicted molar refractivity (Wildman–Crippen MR) is 105 cm³/mol. The maximum absolute atomic E-state index is 13.4.